The lowest BCUT2D eigenvalue weighted by atomic mass is 10.2. The molecule has 0 spiro atoms. The van der Waals surface area contributed by atoms with Crippen LogP contribution >= 0.6 is 0 Å². The number of carbonyl (C=O) groups is 1. The van der Waals surface area contributed by atoms with Crippen LogP contribution < -0.4 is 11.4 Å². The monoisotopic (exact) mass is 221 g/mol. The highest BCUT2D eigenvalue weighted by Crippen LogP contribution is 2.05. The number of aromatic nitrogens is 3. The van der Waals surface area contributed by atoms with Crippen LogP contribution in [0, 0.1) is 0 Å². The second-order valence-electron chi connectivity index (χ2n) is 3.06. The van der Waals surface area contributed by atoms with E-state index in [0.29, 0.717) is 5.69 Å². The van der Waals surface area contributed by atoms with Crippen LogP contribution in [0.5, 0.6) is 0 Å². The minimum atomic E-state index is -1.05. The zero-order valence-electron chi connectivity index (χ0n) is 7.93. The molecule has 0 aliphatic heterocycles. The fourth-order valence-electron chi connectivity index (χ4n) is 1.27. The first-order chi connectivity index (χ1) is 7.58. The zero-order valence-corrected chi connectivity index (χ0v) is 7.93. The highest BCUT2D eigenvalue weighted by Gasteiger charge is 2.05. The van der Waals surface area contributed by atoms with E-state index in [4.69, 9.17) is 5.11 Å². The van der Waals surface area contributed by atoms with Crippen molar-refractivity contribution in [3.63, 3.8) is 0 Å². The van der Waals surface area contributed by atoms with E-state index in [9.17, 15) is 14.4 Å². The molecule has 0 saturated heterocycles. The first-order valence-electron chi connectivity index (χ1n) is 4.33. The van der Waals surface area contributed by atoms with Gasteiger partial charge in [0, 0.05) is 0 Å². The highest BCUT2D eigenvalue weighted by molar-refractivity contribution is 5.87. The molecule has 0 aliphatic rings. The smallest absolute Gasteiger partial charge is 0.349 e. The van der Waals surface area contributed by atoms with Gasteiger partial charge in [-0.2, -0.15) is 0 Å². The number of rotatable bonds is 2. The molecule has 0 bridgehead atoms. The first-order valence-corrected chi connectivity index (χ1v) is 4.33. The predicted octanol–water partition coefficient (Wildman–Crippen LogP) is -0.448. The van der Waals surface area contributed by atoms with E-state index in [1.165, 1.54) is 24.3 Å². The quantitative estimate of drug-likeness (QED) is 0.638. The van der Waals surface area contributed by atoms with Gasteiger partial charge in [-0.15, -0.1) is 0 Å². The summed E-state index contributed by atoms with van der Waals surface area (Å²) in [5, 5.41) is 10.9. The fraction of sp³-hybridized carbons (Fsp3) is 0. The first kappa shape index (κ1) is 9.97. The molecular formula is C9H7N3O4. The Bertz CT molecular complexity index is 632. The van der Waals surface area contributed by atoms with Crippen LogP contribution in [-0.2, 0) is 0 Å². The number of carboxylic acids is 1. The van der Waals surface area contributed by atoms with E-state index < -0.39 is 17.3 Å². The van der Waals surface area contributed by atoms with Crippen LogP contribution in [0.1, 0.15) is 10.4 Å². The van der Waals surface area contributed by atoms with E-state index >= 15 is 0 Å². The molecular weight excluding hydrogens is 214 g/mol. The van der Waals surface area contributed by atoms with Crippen molar-refractivity contribution in [2.75, 3.05) is 0 Å². The van der Waals surface area contributed by atoms with Gasteiger partial charge in [-0.1, -0.05) is 0 Å². The van der Waals surface area contributed by atoms with E-state index in [-0.39, 0.29) is 5.56 Å². The van der Waals surface area contributed by atoms with E-state index in [1.54, 1.807) is 0 Å². The van der Waals surface area contributed by atoms with Crippen molar-refractivity contribution in [2.24, 2.45) is 0 Å². The summed E-state index contributed by atoms with van der Waals surface area (Å²) in [6.07, 6.45) is 0. The maximum atomic E-state index is 11.2. The predicted molar refractivity (Wildman–Crippen MR) is 54.0 cm³/mol. The standard InChI is InChI=1S/C9H7N3O4/c13-7(14)5-1-3-6(4-2-5)12-9(16)10-8(15)11-12/h1-4H,(H,13,14)(H2,10,11,15,16). The molecule has 0 atom stereocenters. The van der Waals surface area contributed by atoms with Crippen LogP contribution in [-0.4, -0.2) is 25.8 Å². The second-order valence-corrected chi connectivity index (χ2v) is 3.06. The molecule has 0 saturated carbocycles. The number of carboxylic acid groups (broad SMARTS) is 1. The number of aromatic amines is 2. The molecule has 1 heterocycles. The molecule has 3 N–H and O–H groups in total. The number of hydrogen-bond acceptors (Lipinski definition) is 3. The molecule has 2 rings (SSSR count). The Morgan fingerprint density at radius 2 is 1.81 bits per heavy atom. The SMILES string of the molecule is O=C(O)c1ccc(-n2[nH]c(=O)[nH]c2=O)cc1. The Hall–Kier alpha value is -2.57. The normalized spacial score (nSPS) is 10.2. The van der Waals surface area contributed by atoms with Gasteiger partial charge in [0.25, 0.3) is 0 Å². The Kier molecular flexibility index (Phi) is 2.20. The van der Waals surface area contributed by atoms with Crippen LogP contribution in [0.2, 0.25) is 0 Å². The van der Waals surface area contributed by atoms with Crippen LogP contribution in [0.25, 0.3) is 5.69 Å². The van der Waals surface area contributed by atoms with Gasteiger partial charge in [-0.25, -0.2) is 24.2 Å². The Morgan fingerprint density at radius 3 is 2.25 bits per heavy atom. The fourth-order valence-corrected chi connectivity index (χ4v) is 1.27. The van der Waals surface area contributed by atoms with Gasteiger partial charge < -0.3 is 5.11 Å². The van der Waals surface area contributed by atoms with Crippen LogP contribution in [0.15, 0.2) is 33.9 Å². The summed E-state index contributed by atoms with van der Waals surface area (Å²) in [4.78, 5) is 34.7. The molecule has 7 heteroatoms. The summed E-state index contributed by atoms with van der Waals surface area (Å²) in [5.74, 6) is -1.05. The third-order valence-corrected chi connectivity index (χ3v) is 2.01. The summed E-state index contributed by atoms with van der Waals surface area (Å²) in [7, 11) is 0. The summed E-state index contributed by atoms with van der Waals surface area (Å²) >= 11 is 0. The molecule has 1 aromatic carbocycles. The van der Waals surface area contributed by atoms with E-state index in [2.05, 4.69) is 5.10 Å². The molecule has 82 valence electrons. The second kappa shape index (κ2) is 3.54. The number of nitrogens with zero attached hydrogens (tertiary/aromatic N) is 1. The van der Waals surface area contributed by atoms with Gasteiger partial charge in [0.15, 0.2) is 0 Å². The third-order valence-electron chi connectivity index (χ3n) is 2.01. The minimum Gasteiger partial charge on any atom is -0.478 e. The van der Waals surface area contributed by atoms with Crippen molar-refractivity contribution in [2.45, 2.75) is 0 Å². The van der Waals surface area contributed by atoms with Crippen molar-refractivity contribution < 1.29 is 9.90 Å². The van der Waals surface area contributed by atoms with E-state index in [1.807, 2.05) is 4.98 Å². The molecule has 0 radical (unpaired) electrons. The summed E-state index contributed by atoms with van der Waals surface area (Å²) in [6, 6.07) is 5.54. The molecule has 0 aliphatic carbocycles. The van der Waals surface area contributed by atoms with E-state index in [0.717, 1.165) is 4.68 Å². The number of benzene rings is 1. The highest BCUT2D eigenvalue weighted by atomic mass is 16.4. The topological polar surface area (TPSA) is 108 Å². The number of aromatic carboxylic acids is 1. The van der Waals surface area contributed by atoms with Crippen molar-refractivity contribution >= 4 is 5.97 Å². The maximum absolute atomic E-state index is 11.2. The average Bonchev–Trinajstić information content (AvgIpc) is 2.58. The van der Waals surface area contributed by atoms with Gasteiger partial charge in [-0.3, -0.25) is 4.98 Å². The lowest BCUT2D eigenvalue weighted by Crippen LogP contribution is -2.16. The summed E-state index contributed by atoms with van der Waals surface area (Å²) in [5.41, 5.74) is -0.733. The number of hydrogen-bond donors (Lipinski definition) is 3. The van der Waals surface area contributed by atoms with Gasteiger partial charge >= 0.3 is 17.3 Å². The van der Waals surface area contributed by atoms with Gasteiger partial charge in [0.2, 0.25) is 0 Å². The van der Waals surface area contributed by atoms with Crippen LogP contribution in [0.3, 0.4) is 0 Å². The number of nitrogens with one attached hydrogen (secondary N) is 2. The molecule has 0 fully saturated rings. The average molecular weight is 221 g/mol. The number of H-pyrrole nitrogens is 2. The largest absolute Gasteiger partial charge is 0.478 e. The van der Waals surface area contributed by atoms with Gasteiger partial charge in [0.1, 0.15) is 0 Å². The van der Waals surface area contributed by atoms with Crippen LogP contribution in [0.4, 0.5) is 0 Å². The Balaban J connectivity index is 2.50. The van der Waals surface area contributed by atoms with Crippen molar-refractivity contribution in [3.8, 4) is 5.69 Å². The van der Waals surface area contributed by atoms with Crippen molar-refractivity contribution in [1.82, 2.24) is 14.8 Å². The van der Waals surface area contributed by atoms with Gasteiger partial charge in [-0.05, 0) is 24.3 Å². The summed E-state index contributed by atoms with van der Waals surface area (Å²) in [6.45, 7) is 0. The zero-order chi connectivity index (χ0) is 11.7. The van der Waals surface area contributed by atoms with Gasteiger partial charge in [0.05, 0.1) is 11.3 Å². The molecule has 0 unspecified atom stereocenters. The lowest BCUT2D eigenvalue weighted by molar-refractivity contribution is 0.0697. The lowest BCUT2D eigenvalue weighted by Gasteiger charge is -2.00. The molecule has 16 heavy (non-hydrogen) atoms. The Labute approximate surface area is 88.0 Å². The maximum Gasteiger partial charge on any atom is 0.349 e. The van der Waals surface area contributed by atoms with Crippen molar-refractivity contribution in [1.29, 1.82) is 0 Å². The minimum absolute atomic E-state index is 0.106. The molecule has 2 aromatic rings. The molecule has 7 nitrogen and oxygen atoms in total. The Morgan fingerprint density at radius 1 is 1.19 bits per heavy atom. The summed E-state index contributed by atoms with van der Waals surface area (Å²) < 4.78 is 0.994. The van der Waals surface area contributed by atoms with Crippen molar-refractivity contribution in [3.05, 3.63) is 50.8 Å². The third kappa shape index (κ3) is 1.65. The molecule has 0 amide bonds. The molecule has 1 aromatic heterocycles.